The van der Waals surface area contributed by atoms with Gasteiger partial charge in [-0.05, 0) is 58.3 Å². The van der Waals surface area contributed by atoms with Gasteiger partial charge in [-0.25, -0.2) is 15.0 Å². The largest absolute Gasteiger partial charge is 0.456 e. The Morgan fingerprint density at radius 2 is 0.962 bits per heavy atom. The first-order chi connectivity index (χ1) is 25.8. The normalized spacial score (nSPS) is 12.2. The van der Waals surface area contributed by atoms with E-state index in [0.717, 1.165) is 55.3 Å². The van der Waals surface area contributed by atoms with Gasteiger partial charge in [0.25, 0.3) is 0 Å². The van der Waals surface area contributed by atoms with E-state index in [-0.39, 0.29) is 0 Å². The third-order valence-corrected chi connectivity index (χ3v) is 10.8. The smallest absolute Gasteiger partial charge is 0.164 e. The summed E-state index contributed by atoms with van der Waals surface area (Å²) in [6.07, 6.45) is 0. The van der Waals surface area contributed by atoms with Gasteiger partial charge in [-0.1, -0.05) is 121 Å². The summed E-state index contributed by atoms with van der Waals surface area (Å²) < 4.78 is 8.98. The van der Waals surface area contributed by atoms with Gasteiger partial charge in [0, 0.05) is 49.0 Å². The third-order valence-electron chi connectivity index (χ3n) is 10.8. The summed E-state index contributed by atoms with van der Waals surface area (Å²) in [5, 5.41) is 9.54. The van der Waals surface area contributed by atoms with Crippen molar-refractivity contribution in [3.8, 4) is 51.0 Å². The van der Waals surface area contributed by atoms with E-state index in [1.54, 1.807) is 0 Å². The Morgan fingerprint density at radius 3 is 1.71 bits per heavy atom. The van der Waals surface area contributed by atoms with E-state index in [9.17, 15) is 0 Å². The molecule has 5 heteroatoms. The summed E-state index contributed by atoms with van der Waals surface area (Å²) in [5.74, 6) is 1.93. The van der Waals surface area contributed by atoms with E-state index in [2.05, 4.69) is 102 Å². The molecule has 240 valence electrons. The van der Waals surface area contributed by atoms with Crippen LogP contribution in [-0.4, -0.2) is 19.5 Å². The molecule has 0 amide bonds. The van der Waals surface area contributed by atoms with Crippen LogP contribution >= 0.6 is 0 Å². The highest BCUT2D eigenvalue weighted by Gasteiger charge is 2.27. The first-order valence-electron chi connectivity index (χ1n) is 17.5. The maximum Gasteiger partial charge on any atom is 0.164 e. The molecule has 1 aliphatic rings. The van der Waals surface area contributed by atoms with Gasteiger partial charge in [0.05, 0.1) is 16.7 Å². The molecule has 52 heavy (non-hydrogen) atoms. The lowest BCUT2D eigenvalue weighted by Crippen LogP contribution is -2.01. The lowest BCUT2D eigenvalue weighted by Gasteiger charge is -2.15. The number of rotatable bonds is 4. The molecule has 0 saturated carbocycles. The highest BCUT2D eigenvalue weighted by Crippen LogP contribution is 2.51. The number of hydrogen-bond donors (Lipinski definition) is 0. The average molecular weight is 663 g/mol. The maximum atomic E-state index is 6.54. The molecule has 0 radical (unpaired) electrons. The second-order valence-electron chi connectivity index (χ2n) is 13.5. The molecule has 1 aliphatic carbocycles. The van der Waals surface area contributed by atoms with E-state index < -0.39 is 0 Å². The summed E-state index contributed by atoms with van der Waals surface area (Å²) in [7, 11) is 0. The van der Waals surface area contributed by atoms with Gasteiger partial charge in [0.1, 0.15) is 11.2 Å². The van der Waals surface area contributed by atoms with Crippen molar-refractivity contribution in [3.05, 3.63) is 158 Å². The molecule has 0 saturated heterocycles. The Balaban J connectivity index is 1.16. The zero-order valence-electron chi connectivity index (χ0n) is 27.7. The number of benzene rings is 8. The van der Waals surface area contributed by atoms with Gasteiger partial charge in [0.2, 0.25) is 0 Å². The van der Waals surface area contributed by atoms with E-state index in [0.29, 0.717) is 17.5 Å². The first kappa shape index (κ1) is 27.7. The van der Waals surface area contributed by atoms with Gasteiger partial charge in [-0.3, -0.25) is 0 Å². The van der Waals surface area contributed by atoms with Crippen molar-refractivity contribution in [1.29, 1.82) is 0 Å². The molecular weight excluding hydrogens is 637 g/mol. The molecule has 0 fully saturated rings. The third kappa shape index (κ3) is 3.69. The van der Waals surface area contributed by atoms with Crippen LogP contribution in [0.2, 0.25) is 0 Å². The predicted molar refractivity (Wildman–Crippen MR) is 212 cm³/mol. The van der Waals surface area contributed by atoms with Crippen LogP contribution in [0.15, 0.2) is 162 Å². The van der Waals surface area contributed by atoms with Gasteiger partial charge in [-0.2, -0.15) is 0 Å². The predicted octanol–water partition coefficient (Wildman–Crippen LogP) is 12.2. The monoisotopic (exact) mass is 662 g/mol. The fourth-order valence-electron chi connectivity index (χ4n) is 8.59. The molecule has 0 atom stereocenters. The fourth-order valence-corrected chi connectivity index (χ4v) is 8.59. The van der Waals surface area contributed by atoms with Gasteiger partial charge < -0.3 is 8.98 Å². The molecule has 11 aromatic rings. The average Bonchev–Trinajstić information content (AvgIpc) is 3.72. The summed E-state index contributed by atoms with van der Waals surface area (Å²) in [6, 6.07) is 55.3. The van der Waals surface area contributed by atoms with Crippen LogP contribution < -0.4 is 0 Å². The Morgan fingerprint density at radius 1 is 0.365 bits per heavy atom. The molecule has 3 aromatic heterocycles. The molecule has 0 aliphatic heterocycles. The summed E-state index contributed by atoms with van der Waals surface area (Å²) >= 11 is 0. The summed E-state index contributed by atoms with van der Waals surface area (Å²) in [4.78, 5) is 15.1. The Kier molecular flexibility index (Phi) is 5.44. The Bertz CT molecular complexity index is 3230. The Labute approximate surface area is 297 Å². The molecule has 5 nitrogen and oxygen atoms in total. The lowest BCUT2D eigenvalue weighted by molar-refractivity contribution is 0.669. The maximum absolute atomic E-state index is 6.54. The van der Waals surface area contributed by atoms with Crippen LogP contribution in [-0.2, 0) is 0 Å². The zero-order valence-corrected chi connectivity index (χ0v) is 27.7. The minimum absolute atomic E-state index is 0.640. The second-order valence-corrected chi connectivity index (χ2v) is 13.5. The second kappa shape index (κ2) is 10.2. The molecule has 0 unspecified atom stereocenters. The van der Waals surface area contributed by atoms with Crippen LogP contribution in [0.4, 0.5) is 0 Å². The van der Waals surface area contributed by atoms with Crippen molar-refractivity contribution in [3.63, 3.8) is 0 Å². The molecule has 3 heterocycles. The van der Waals surface area contributed by atoms with E-state index in [1.165, 1.54) is 43.4 Å². The number of aromatic nitrogens is 4. The van der Waals surface area contributed by atoms with E-state index >= 15 is 0 Å². The number of furan rings is 1. The molecule has 0 bridgehead atoms. The minimum Gasteiger partial charge on any atom is -0.456 e. The van der Waals surface area contributed by atoms with Crippen molar-refractivity contribution in [2.24, 2.45) is 0 Å². The SMILES string of the molecule is c1ccc(-c2nc(-c3ccccc3)nc(-c3ccc(-n4c5cccc6c5c5c7c(ccc54)oc4ccc5cccc-6c5c47)c4ccccc34)n2)cc1. The van der Waals surface area contributed by atoms with E-state index in [4.69, 9.17) is 19.4 Å². The van der Waals surface area contributed by atoms with Crippen molar-refractivity contribution >= 4 is 65.3 Å². The van der Waals surface area contributed by atoms with E-state index in [1.807, 2.05) is 60.7 Å². The van der Waals surface area contributed by atoms with Crippen LogP contribution in [0.5, 0.6) is 0 Å². The fraction of sp³-hybridized carbons (Fsp3) is 0. The van der Waals surface area contributed by atoms with Crippen molar-refractivity contribution < 1.29 is 4.42 Å². The van der Waals surface area contributed by atoms with Crippen molar-refractivity contribution in [1.82, 2.24) is 19.5 Å². The molecular formula is C47H26N4O. The summed E-state index contributed by atoms with van der Waals surface area (Å²) in [5.41, 5.74) is 10.6. The zero-order chi connectivity index (χ0) is 33.9. The topological polar surface area (TPSA) is 56.7 Å². The first-order valence-corrected chi connectivity index (χ1v) is 17.5. The standard InChI is InChI=1S/C47H26N4O/c1-3-11-28(12-4-1)45-48-46(29-13-5-2-6-14-29)50-47(49-45)34-22-23-35(31-17-8-7-16-30(31)34)51-36-20-10-19-33-32-18-9-15-27-21-25-38-43(40(27)32)44-39(52-38)26-24-37(51)42(44)41(33)36/h1-26H. The van der Waals surface area contributed by atoms with Gasteiger partial charge in [0.15, 0.2) is 17.5 Å². The molecule has 12 rings (SSSR count). The molecule has 0 spiro atoms. The van der Waals surface area contributed by atoms with Crippen molar-refractivity contribution in [2.75, 3.05) is 0 Å². The van der Waals surface area contributed by atoms with Crippen LogP contribution in [0.1, 0.15) is 0 Å². The highest BCUT2D eigenvalue weighted by molar-refractivity contribution is 6.37. The van der Waals surface area contributed by atoms with Gasteiger partial charge in [-0.15, -0.1) is 0 Å². The number of nitrogens with zero attached hydrogens (tertiary/aromatic N) is 4. The van der Waals surface area contributed by atoms with Crippen LogP contribution in [0.3, 0.4) is 0 Å². The van der Waals surface area contributed by atoms with Crippen molar-refractivity contribution in [2.45, 2.75) is 0 Å². The van der Waals surface area contributed by atoms with Crippen LogP contribution in [0, 0.1) is 0 Å². The highest BCUT2D eigenvalue weighted by atomic mass is 16.3. The number of hydrogen-bond acceptors (Lipinski definition) is 4. The lowest BCUT2D eigenvalue weighted by atomic mass is 9.95. The molecule has 8 aromatic carbocycles. The number of fused-ring (bicyclic) bond motifs is 2. The Hall–Kier alpha value is -7.11. The quantitative estimate of drug-likeness (QED) is 0.188. The van der Waals surface area contributed by atoms with Crippen LogP contribution in [0.25, 0.3) is 116 Å². The summed E-state index contributed by atoms with van der Waals surface area (Å²) in [6.45, 7) is 0. The molecule has 0 N–H and O–H groups in total. The minimum atomic E-state index is 0.640. The van der Waals surface area contributed by atoms with Gasteiger partial charge >= 0.3 is 0 Å².